The molecular formula is C19H19ClN4O. The van der Waals surface area contributed by atoms with E-state index in [0.29, 0.717) is 28.2 Å². The van der Waals surface area contributed by atoms with Crippen LogP contribution in [-0.2, 0) is 7.05 Å². The first-order valence-corrected chi connectivity index (χ1v) is 8.89. The number of pyridine rings is 1. The molecule has 0 bridgehead atoms. The molecule has 2 aromatic heterocycles. The molecule has 0 unspecified atom stereocenters. The van der Waals surface area contributed by atoms with Gasteiger partial charge in [0.2, 0.25) is 5.95 Å². The van der Waals surface area contributed by atoms with Crippen molar-refractivity contribution in [2.45, 2.75) is 31.7 Å². The standard InChI is InChI=1S/C19H19ClN4O/c1-24-17-12(11-21-19(23-17)22-13-6-2-3-7-13)10-15(18(24)25)14-8-4-5-9-16(14)20/h4-5,8-11,13H,2-3,6-7H2,1H3,(H,21,22,23). The third-order valence-electron chi connectivity index (χ3n) is 4.80. The monoisotopic (exact) mass is 354 g/mol. The zero-order valence-corrected chi connectivity index (χ0v) is 14.8. The van der Waals surface area contributed by atoms with E-state index in [1.54, 1.807) is 23.9 Å². The molecule has 1 fully saturated rings. The Hall–Kier alpha value is -2.40. The molecule has 1 aliphatic carbocycles. The molecule has 1 N–H and O–H groups in total. The van der Waals surface area contributed by atoms with E-state index < -0.39 is 0 Å². The lowest BCUT2D eigenvalue weighted by Crippen LogP contribution is -2.21. The zero-order valence-electron chi connectivity index (χ0n) is 14.0. The van der Waals surface area contributed by atoms with Gasteiger partial charge in [-0.3, -0.25) is 9.36 Å². The molecule has 25 heavy (non-hydrogen) atoms. The number of aromatic nitrogens is 3. The molecule has 0 amide bonds. The first kappa shape index (κ1) is 16.1. The molecule has 128 valence electrons. The average Bonchev–Trinajstić information content (AvgIpc) is 3.12. The van der Waals surface area contributed by atoms with E-state index in [1.165, 1.54) is 12.8 Å². The first-order chi connectivity index (χ1) is 12.1. The van der Waals surface area contributed by atoms with Crippen molar-refractivity contribution in [3.63, 3.8) is 0 Å². The van der Waals surface area contributed by atoms with Crippen molar-refractivity contribution < 1.29 is 0 Å². The van der Waals surface area contributed by atoms with Crippen molar-refractivity contribution in [3.05, 3.63) is 51.9 Å². The SMILES string of the molecule is Cn1c(=O)c(-c2ccccc2Cl)cc2cnc(NC3CCCC3)nc21. The van der Waals surface area contributed by atoms with Gasteiger partial charge in [0.05, 0.1) is 0 Å². The van der Waals surface area contributed by atoms with Gasteiger partial charge in [-0.15, -0.1) is 0 Å². The average molecular weight is 355 g/mol. The van der Waals surface area contributed by atoms with E-state index in [4.69, 9.17) is 11.6 Å². The number of halogens is 1. The molecular weight excluding hydrogens is 336 g/mol. The van der Waals surface area contributed by atoms with Gasteiger partial charge in [-0.05, 0) is 25.0 Å². The maximum absolute atomic E-state index is 12.8. The van der Waals surface area contributed by atoms with Crippen molar-refractivity contribution in [2.75, 3.05) is 5.32 Å². The van der Waals surface area contributed by atoms with Crippen LogP contribution in [0.1, 0.15) is 25.7 Å². The molecule has 0 radical (unpaired) electrons. The van der Waals surface area contributed by atoms with E-state index in [-0.39, 0.29) is 5.56 Å². The van der Waals surface area contributed by atoms with Gasteiger partial charge in [-0.25, -0.2) is 4.98 Å². The number of hydrogen-bond donors (Lipinski definition) is 1. The minimum atomic E-state index is -0.119. The van der Waals surface area contributed by atoms with E-state index in [9.17, 15) is 4.79 Å². The Balaban J connectivity index is 1.80. The van der Waals surface area contributed by atoms with Crippen LogP contribution in [0.25, 0.3) is 22.2 Å². The predicted molar refractivity (Wildman–Crippen MR) is 101 cm³/mol. The lowest BCUT2D eigenvalue weighted by molar-refractivity contribution is 0.743. The van der Waals surface area contributed by atoms with Crippen molar-refractivity contribution in [3.8, 4) is 11.1 Å². The summed E-state index contributed by atoms with van der Waals surface area (Å²) in [6.45, 7) is 0. The summed E-state index contributed by atoms with van der Waals surface area (Å²) in [5.74, 6) is 0.583. The fourth-order valence-corrected chi connectivity index (χ4v) is 3.68. The summed E-state index contributed by atoms with van der Waals surface area (Å²) in [7, 11) is 1.73. The van der Waals surface area contributed by atoms with E-state index in [1.807, 2.05) is 24.3 Å². The van der Waals surface area contributed by atoms with Gasteiger partial charge in [0.25, 0.3) is 5.56 Å². The van der Waals surface area contributed by atoms with Crippen LogP contribution in [0, 0.1) is 0 Å². The molecule has 0 spiro atoms. The number of anilines is 1. The Morgan fingerprint density at radius 1 is 1.20 bits per heavy atom. The minimum Gasteiger partial charge on any atom is -0.351 e. The predicted octanol–water partition coefficient (Wildman–Crippen LogP) is 4.00. The number of nitrogens with one attached hydrogen (secondary N) is 1. The molecule has 5 nitrogen and oxygen atoms in total. The Morgan fingerprint density at radius 3 is 2.72 bits per heavy atom. The second kappa shape index (κ2) is 6.48. The molecule has 0 atom stereocenters. The molecule has 1 aliphatic rings. The fraction of sp³-hybridized carbons (Fsp3) is 0.316. The van der Waals surface area contributed by atoms with Crippen LogP contribution in [0.15, 0.2) is 41.3 Å². The van der Waals surface area contributed by atoms with Crippen LogP contribution in [0.3, 0.4) is 0 Å². The summed E-state index contributed by atoms with van der Waals surface area (Å²) in [4.78, 5) is 21.8. The van der Waals surface area contributed by atoms with Crippen molar-refractivity contribution >= 4 is 28.6 Å². The van der Waals surface area contributed by atoms with Crippen LogP contribution in [0.4, 0.5) is 5.95 Å². The maximum Gasteiger partial charge on any atom is 0.259 e. The van der Waals surface area contributed by atoms with Crippen LogP contribution in [0.5, 0.6) is 0 Å². The largest absolute Gasteiger partial charge is 0.351 e. The maximum atomic E-state index is 12.8. The normalized spacial score (nSPS) is 15.0. The number of benzene rings is 1. The summed E-state index contributed by atoms with van der Waals surface area (Å²) >= 11 is 6.27. The molecule has 0 saturated heterocycles. The minimum absolute atomic E-state index is 0.119. The Kier molecular flexibility index (Phi) is 4.17. The molecule has 4 rings (SSSR count). The second-order valence-corrected chi connectivity index (χ2v) is 6.91. The highest BCUT2D eigenvalue weighted by molar-refractivity contribution is 6.33. The highest BCUT2D eigenvalue weighted by Gasteiger charge is 2.17. The van der Waals surface area contributed by atoms with E-state index in [0.717, 1.165) is 23.8 Å². The van der Waals surface area contributed by atoms with Gasteiger partial charge >= 0.3 is 0 Å². The highest BCUT2D eigenvalue weighted by atomic mass is 35.5. The summed E-state index contributed by atoms with van der Waals surface area (Å²) in [5, 5.41) is 4.75. The highest BCUT2D eigenvalue weighted by Crippen LogP contribution is 2.27. The fourth-order valence-electron chi connectivity index (χ4n) is 3.44. The number of aryl methyl sites for hydroxylation is 1. The zero-order chi connectivity index (χ0) is 17.4. The first-order valence-electron chi connectivity index (χ1n) is 8.52. The second-order valence-electron chi connectivity index (χ2n) is 6.50. The summed E-state index contributed by atoms with van der Waals surface area (Å²) in [5.41, 5.74) is 1.78. The van der Waals surface area contributed by atoms with Gasteiger partial charge in [0.1, 0.15) is 5.65 Å². The quantitative estimate of drug-likeness (QED) is 0.772. The third-order valence-corrected chi connectivity index (χ3v) is 5.13. The molecule has 3 aromatic rings. The van der Waals surface area contributed by atoms with Gasteiger partial charge < -0.3 is 5.32 Å². The lowest BCUT2D eigenvalue weighted by Gasteiger charge is -2.13. The number of rotatable bonds is 3. The summed E-state index contributed by atoms with van der Waals surface area (Å²) in [6, 6.07) is 9.60. The third kappa shape index (κ3) is 3.00. The van der Waals surface area contributed by atoms with Crippen LogP contribution < -0.4 is 10.9 Å². The van der Waals surface area contributed by atoms with Crippen LogP contribution in [0.2, 0.25) is 5.02 Å². The van der Waals surface area contributed by atoms with Crippen LogP contribution >= 0.6 is 11.6 Å². The van der Waals surface area contributed by atoms with Crippen molar-refractivity contribution in [1.29, 1.82) is 0 Å². The number of hydrogen-bond acceptors (Lipinski definition) is 4. The molecule has 6 heteroatoms. The van der Waals surface area contributed by atoms with Crippen LogP contribution in [-0.4, -0.2) is 20.6 Å². The summed E-state index contributed by atoms with van der Waals surface area (Å²) < 4.78 is 1.56. The molecule has 0 aliphatic heterocycles. The van der Waals surface area contributed by atoms with Crippen molar-refractivity contribution in [2.24, 2.45) is 7.05 Å². The Morgan fingerprint density at radius 2 is 1.96 bits per heavy atom. The molecule has 1 saturated carbocycles. The van der Waals surface area contributed by atoms with E-state index in [2.05, 4.69) is 15.3 Å². The van der Waals surface area contributed by atoms with Gasteiger partial charge in [0.15, 0.2) is 0 Å². The van der Waals surface area contributed by atoms with E-state index >= 15 is 0 Å². The van der Waals surface area contributed by atoms with Crippen molar-refractivity contribution in [1.82, 2.24) is 14.5 Å². The topological polar surface area (TPSA) is 59.8 Å². The smallest absolute Gasteiger partial charge is 0.259 e. The number of fused-ring (bicyclic) bond motifs is 1. The Bertz CT molecular complexity index is 992. The molecule has 1 aromatic carbocycles. The van der Waals surface area contributed by atoms with Gasteiger partial charge in [-0.1, -0.05) is 42.6 Å². The lowest BCUT2D eigenvalue weighted by atomic mass is 10.1. The molecule has 2 heterocycles. The van der Waals surface area contributed by atoms with Gasteiger partial charge in [0, 0.05) is 40.8 Å². The summed E-state index contributed by atoms with van der Waals surface area (Å²) in [6.07, 6.45) is 6.53. The van der Waals surface area contributed by atoms with Gasteiger partial charge in [-0.2, -0.15) is 4.98 Å². The Labute approximate surface area is 150 Å². The number of nitrogens with zero attached hydrogens (tertiary/aromatic N) is 3.